The van der Waals surface area contributed by atoms with E-state index in [0.717, 1.165) is 24.5 Å². The molecule has 4 N–H and O–H groups in total. The van der Waals surface area contributed by atoms with Gasteiger partial charge >= 0.3 is 0 Å². The first-order chi connectivity index (χ1) is 8.54. The van der Waals surface area contributed by atoms with Crippen LogP contribution in [0.15, 0.2) is 0 Å². The summed E-state index contributed by atoms with van der Waals surface area (Å²) < 4.78 is 1.91. The highest BCUT2D eigenvalue weighted by Gasteiger charge is 2.19. The zero-order valence-electron chi connectivity index (χ0n) is 11.6. The van der Waals surface area contributed by atoms with Crippen LogP contribution >= 0.6 is 11.8 Å². The summed E-state index contributed by atoms with van der Waals surface area (Å²) in [6, 6.07) is 0.138. The van der Waals surface area contributed by atoms with Crippen molar-refractivity contribution < 1.29 is 5.11 Å². The quantitative estimate of drug-likeness (QED) is 0.704. The molecule has 1 aromatic heterocycles. The number of anilines is 2. The van der Waals surface area contributed by atoms with Gasteiger partial charge in [-0.3, -0.25) is 0 Å². The molecule has 1 rings (SSSR count). The molecule has 6 heteroatoms. The molecule has 18 heavy (non-hydrogen) atoms. The van der Waals surface area contributed by atoms with Crippen LogP contribution in [-0.4, -0.2) is 39.0 Å². The van der Waals surface area contributed by atoms with Crippen molar-refractivity contribution in [1.82, 2.24) is 9.78 Å². The van der Waals surface area contributed by atoms with Gasteiger partial charge < -0.3 is 16.2 Å². The fraction of sp³-hybridized carbons (Fsp3) is 0.750. The van der Waals surface area contributed by atoms with Crippen LogP contribution in [0.2, 0.25) is 0 Å². The first-order valence-corrected chi connectivity index (χ1v) is 7.56. The van der Waals surface area contributed by atoms with E-state index in [1.165, 1.54) is 0 Å². The lowest BCUT2D eigenvalue weighted by molar-refractivity contribution is 0.288. The van der Waals surface area contributed by atoms with E-state index in [1.54, 1.807) is 11.8 Å². The van der Waals surface area contributed by atoms with E-state index in [1.807, 2.05) is 17.9 Å². The standard InChI is InChI=1S/C12H24N4OS/c1-5-6-16-12(11(13)9(3)15-16)14-8(2)10(7-17)18-4/h8,10,14,17H,5-7,13H2,1-4H3. The van der Waals surface area contributed by atoms with E-state index in [4.69, 9.17) is 5.73 Å². The van der Waals surface area contributed by atoms with Crippen LogP contribution in [0.5, 0.6) is 0 Å². The Morgan fingerprint density at radius 2 is 2.22 bits per heavy atom. The lowest BCUT2D eigenvalue weighted by Crippen LogP contribution is -2.32. The third kappa shape index (κ3) is 3.32. The lowest BCUT2D eigenvalue weighted by atomic mass is 10.2. The van der Waals surface area contributed by atoms with Gasteiger partial charge in [0, 0.05) is 17.8 Å². The molecule has 1 aromatic rings. The second-order valence-corrected chi connectivity index (χ2v) is 5.54. The molecule has 0 aliphatic heterocycles. The molecular formula is C12H24N4OS. The van der Waals surface area contributed by atoms with E-state index in [2.05, 4.69) is 24.3 Å². The maximum Gasteiger partial charge on any atom is 0.148 e. The Bertz CT molecular complexity index is 376. The molecular weight excluding hydrogens is 248 g/mol. The van der Waals surface area contributed by atoms with Crippen molar-refractivity contribution in [3.8, 4) is 0 Å². The molecule has 2 unspecified atom stereocenters. The van der Waals surface area contributed by atoms with Crippen LogP contribution in [0, 0.1) is 6.92 Å². The SMILES string of the molecule is CCCn1nc(C)c(N)c1NC(C)C(CO)SC. The molecule has 0 aromatic carbocycles. The van der Waals surface area contributed by atoms with Gasteiger partial charge in [-0.1, -0.05) is 6.92 Å². The number of hydrogen-bond donors (Lipinski definition) is 3. The lowest BCUT2D eigenvalue weighted by Gasteiger charge is -2.23. The summed E-state index contributed by atoms with van der Waals surface area (Å²) in [4.78, 5) is 0. The third-order valence-electron chi connectivity index (χ3n) is 3.01. The Morgan fingerprint density at radius 3 is 2.72 bits per heavy atom. The summed E-state index contributed by atoms with van der Waals surface area (Å²) in [6.07, 6.45) is 3.01. The normalized spacial score (nSPS) is 14.5. The van der Waals surface area contributed by atoms with E-state index in [9.17, 15) is 5.11 Å². The maximum absolute atomic E-state index is 9.31. The number of nitrogen functional groups attached to an aromatic ring is 1. The Hall–Kier alpha value is -0.880. The number of aliphatic hydroxyl groups is 1. The van der Waals surface area contributed by atoms with Gasteiger partial charge in [0.2, 0.25) is 0 Å². The second-order valence-electron chi connectivity index (χ2n) is 4.46. The number of nitrogens with one attached hydrogen (secondary N) is 1. The number of aryl methyl sites for hydroxylation is 2. The molecule has 0 fully saturated rings. The van der Waals surface area contributed by atoms with E-state index >= 15 is 0 Å². The highest BCUT2D eigenvalue weighted by Crippen LogP contribution is 2.25. The molecule has 2 atom stereocenters. The molecule has 104 valence electrons. The zero-order valence-corrected chi connectivity index (χ0v) is 12.4. The summed E-state index contributed by atoms with van der Waals surface area (Å²) in [5.74, 6) is 0.870. The average molecular weight is 272 g/mol. The molecule has 0 aliphatic rings. The highest BCUT2D eigenvalue weighted by molar-refractivity contribution is 7.99. The minimum absolute atomic E-state index is 0.138. The van der Waals surface area contributed by atoms with Gasteiger partial charge in [0.1, 0.15) is 5.82 Å². The van der Waals surface area contributed by atoms with Crippen LogP contribution < -0.4 is 11.1 Å². The van der Waals surface area contributed by atoms with Gasteiger partial charge in [0.05, 0.1) is 18.0 Å². The average Bonchev–Trinajstić information content (AvgIpc) is 2.59. The fourth-order valence-corrected chi connectivity index (χ4v) is 2.49. The molecule has 0 bridgehead atoms. The van der Waals surface area contributed by atoms with Crippen LogP contribution in [0.25, 0.3) is 0 Å². The summed E-state index contributed by atoms with van der Waals surface area (Å²) in [5, 5.41) is 17.3. The topological polar surface area (TPSA) is 76.1 Å². The molecule has 0 radical (unpaired) electrons. The van der Waals surface area contributed by atoms with Crippen molar-refractivity contribution in [3.05, 3.63) is 5.69 Å². The van der Waals surface area contributed by atoms with E-state index in [0.29, 0.717) is 5.69 Å². The molecule has 0 aliphatic carbocycles. The zero-order chi connectivity index (χ0) is 13.7. The number of aromatic nitrogens is 2. The van der Waals surface area contributed by atoms with Gasteiger partial charge in [0.25, 0.3) is 0 Å². The third-order valence-corrected chi connectivity index (χ3v) is 4.18. The predicted octanol–water partition coefficient (Wildman–Crippen LogP) is 1.71. The molecule has 0 spiro atoms. The first-order valence-electron chi connectivity index (χ1n) is 6.28. The predicted molar refractivity (Wildman–Crippen MR) is 79.1 cm³/mol. The summed E-state index contributed by atoms with van der Waals surface area (Å²) >= 11 is 1.65. The number of rotatable bonds is 7. The first kappa shape index (κ1) is 15.2. The second kappa shape index (κ2) is 6.89. The van der Waals surface area contributed by atoms with Crippen LogP contribution in [0.4, 0.5) is 11.5 Å². The Labute approximate surface area is 113 Å². The number of hydrogen-bond acceptors (Lipinski definition) is 5. The Morgan fingerprint density at radius 1 is 1.56 bits per heavy atom. The Kier molecular flexibility index (Phi) is 5.81. The van der Waals surface area contributed by atoms with Crippen molar-refractivity contribution in [2.75, 3.05) is 23.9 Å². The fourth-order valence-electron chi connectivity index (χ4n) is 1.87. The summed E-state index contributed by atoms with van der Waals surface area (Å²) in [7, 11) is 0. The minimum atomic E-state index is 0.138. The number of thioether (sulfide) groups is 1. The highest BCUT2D eigenvalue weighted by atomic mass is 32.2. The van der Waals surface area contributed by atoms with Crippen molar-refractivity contribution in [1.29, 1.82) is 0 Å². The maximum atomic E-state index is 9.31. The van der Waals surface area contributed by atoms with Crippen molar-refractivity contribution in [2.24, 2.45) is 0 Å². The number of nitrogens with two attached hydrogens (primary N) is 1. The summed E-state index contributed by atoms with van der Waals surface area (Å²) in [6.45, 7) is 7.07. The van der Waals surface area contributed by atoms with E-state index in [-0.39, 0.29) is 17.9 Å². The summed E-state index contributed by atoms with van der Waals surface area (Å²) in [5.41, 5.74) is 7.60. The minimum Gasteiger partial charge on any atom is -0.395 e. The number of aliphatic hydroxyl groups excluding tert-OH is 1. The number of nitrogens with zero attached hydrogens (tertiary/aromatic N) is 2. The monoisotopic (exact) mass is 272 g/mol. The smallest absolute Gasteiger partial charge is 0.148 e. The molecule has 1 heterocycles. The van der Waals surface area contributed by atoms with Crippen LogP contribution in [0.3, 0.4) is 0 Å². The molecule has 5 nitrogen and oxygen atoms in total. The van der Waals surface area contributed by atoms with Gasteiger partial charge in [-0.05, 0) is 26.5 Å². The van der Waals surface area contributed by atoms with Crippen molar-refractivity contribution in [2.45, 2.75) is 45.0 Å². The van der Waals surface area contributed by atoms with Crippen molar-refractivity contribution in [3.63, 3.8) is 0 Å². The Balaban J connectivity index is 2.88. The van der Waals surface area contributed by atoms with E-state index < -0.39 is 0 Å². The molecule has 0 saturated heterocycles. The van der Waals surface area contributed by atoms with Gasteiger partial charge in [-0.25, -0.2) is 4.68 Å². The molecule has 0 amide bonds. The largest absolute Gasteiger partial charge is 0.395 e. The van der Waals surface area contributed by atoms with Gasteiger partial charge in [-0.2, -0.15) is 16.9 Å². The van der Waals surface area contributed by atoms with Crippen molar-refractivity contribution >= 4 is 23.3 Å². The van der Waals surface area contributed by atoms with Gasteiger partial charge in [0.15, 0.2) is 0 Å². The van der Waals surface area contributed by atoms with Gasteiger partial charge in [-0.15, -0.1) is 0 Å². The molecule has 0 saturated carbocycles. The van der Waals surface area contributed by atoms with Crippen LogP contribution in [-0.2, 0) is 6.54 Å². The van der Waals surface area contributed by atoms with Crippen LogP contribution in [0.1, 0.15) is 26.0 Å².